The van der Waals surface area contributed by atoms with Gasteiger partial charge in [-0.15, -0.1) is 0 Å². The van der Waals surface area contributed by atoms with E-state index in [4.69, 9.17) is 9.53 Å². The van der Waals surface area contributed by atoms with Gasteiger partial charge < -0.3 is 9.53 Å². The van der Waals surface area contributed by atoms with Crippen molar-refractivity contribution in [1.29, 1.82) is 0 Å². The predicted octanol–water partition coefficient (Wildman–Crippen LogP) is 4.92. The standard InChI is InChI=1S/C25H36O2Si/c1-21(19-26)13-12-14-22(2)20-27-28(25(3,4)5,23-15-8-6-9-16-23)24-17-10-7-11-18-24/h6-11,13,15-18,22,26H,12,14,19-20H2,1-5H3/t22-/m0/s1. The Morgan fingerprint density at radius 2 is 1.50 bits per heavy atom. The minimum absolute atomic E-state index is 0.0167. The van der Waals surface area contributed by atoms with Crippen LogP contribution in [0.2, 0.25) is 5.04 Å². The molecule has 2 nitrogen and oxygen atoms in total. The van der Waals surface area contributed by atoms with E-state index >= 15 is 0 Å². The Hall–Kier alpha value is -1.68. The highest BCUT2D eigenvalue weighted by atomic mass is 28.4. The second-order valence-corrected chi connectivity index (χ2v) is 13.2. The van der Waals surface area contributed by atoms with Crippen molar-refractivity contribution in [3.8, 4) is 0 Å². The third-order valence-corrected chi connectivity index (χ3v) is 10.4. The van der Waals surface area contributed by atoms with E-state index in [1.807, 2.05) is 6.92 Å². The molecular formula is C25H36O2Si. The van der Waals surface area contributed by atoms with E-state index in [1.165, 1.54) is 10.4 Å². The molecule has 1 N–H and O–H groups in total. The van der Waals surface area contributed by atoms with Crippen molar-refractivity contribution in [1.82, 2.24) is 0 Å². The van der Waals surface area contributed by atoms with Gasteiger partial charge in [0.05, 0.1) is 6.61 Å². The minimum atomic E-state index is -2.44. The van der Waals surface area contributed by atoms with Gasteiger partial charge >= 0.3 is 0 Å². The molecule has 0 unspecified atom stereocenters. The molecule has 2 aromatic carbocycles. The van der Waals surface area contributed by atoms with Crippen LogP contribution < -0.4 is 10.4 Å². The zero-order valence-electron chi connectivity index (χ0n) is 18.1. The largest absolute Gasteiger partial charge is 0.407 e. The summed E-state index contributed by atoms with van der Waals surface area (Å²) in [5, 5.41) is 11.8. The molecule has 0 aliphatic rings. The maximum atomic E-state index is 9.16. The summed E-state index contributed by atoms with van der Waals surface area (Å²) in [5.74, 6) is 0.462. The lowest BCUT2D eigenvalue weighted by Crippen LogP contribution is -2.66. The number of hydrogen-bond donors (Lipinski definition) is 1. The van der Waals surface area contributed by atoms with Crippen LogP contribution in [-0.4, -0.2) is 26.6 Å². The lowest BCUT2D eigenvalue weighted by atomic mass is 10.1. The Kier molecular flexibility index (Phi) is 8.23. The SMILES string of the molecule is CC(=CCC[C@H](C)CO[Si](c1ccccc1)(c1ccccc1)C(C)(C)C)CO. The van der Waals surface area contributed by atoms with Gasteiger partial charge in [0.1, 0.15) is 0 Å². The van der Waals surface area contributed by atoms with Crippen molar-refractivity contribution in [2.45, 2.75) is 52.5 Å². The summed E-state index contributed by atoms with van der Waals surface area (Å²) >= 11 is 0. The zero-order chi connectivity index (χ0) is 20.6. The molecule has 0 aliphatic carbocycles. The Morgan fingerprint density at radius 3 is 1.93 bits per heavy atom. The van der Waals surface area contributed by atoms with E-state index in [2.05, 4.69) is 94.4 Å². The molecule has 2 aromatic rings. The quantitative estimate of drug-likeness (QED) is 0.482. The van der Waals surface area contributed by atoms with Crippen LogP contribution >= 0.6 is 0 Å². The molecular weight excluding hydrogens is 360 g/mol. The second kappa shape index (κ2) is 10.2. The summed E-state index contributed by atoms with van der Waals surface area (Å²) in [4.78, 5) is 0. The van der Waals surface area contributed by atoms with Gasteiger partial charge in [0, 0.05) is 6.61 Å². The number of hydrogen-bond acceptors (Lipinski definition) is 2. The van der Waals surface area contributed by atoms with Crippen molar-refractivity contribution < 1.29 is 9.53 Å². The molecule has 3 heteroatoms. The van der Waals surface area contributed by atoms with Crippen LogP contribution in [0.5, 0.6) is 0 Å². The van der Waals surface area contributed by atoms with E-state index in [-0.39, 0.29) is 11.6 Å². The highest BCUT2D eigenvalue weighted by Crippen LogP contribution is 2.37. The van der Waals surface area contributed by atoms with E-state index < -0.39 is 8.32 Å². The van der Waals surface area contributed by atoms with Crippen LogP contribution in [0.25, 0.3) is 0 Å². The first kappa shape index (κ1) is 22.6. The fourth-order valence-corrected chi connectivity index (χ4v) is 8.48. The number of aliphatic hydroxyl groups excluding tert-OH is 1. The van der Waals surface area contributed by atoms with Gasteiger partial charge in [-0.1, -0.05) is 100 Å². The van der Waals surface area contributed by atoms with Crippen LogP contribution in [0.3, 0.4) is 0 Å². The van der Waals surface area contributed by atoms with Crippen LogP contribution in [0.15, 0.2) is 72.3 Å². The monoisotopic (exact) mass is 396 g/mol. The molecule has 28 heavy (non-hydrogen) atoms. The molecule has 0 saturated heterocycles. The number of aliphatic hydroxyl groups is 1. The first-order valence-corrected chi connectivity index (χ1v) is 12.2. The number of benzene rings is 2. The first-order chi connectivity index (χ1) is 13.3. The molecule has 0 aromatic heterocycles. The summed E-state index contributed by atoms with van der Waals surface area (Å²) in [7, 11) is -2.44. The molecule has 0 fully saturated rings. The molecule has 2 rings (SSSR count). The van der Waals surface area contributed by atoms with Gasteiger partial charge in [-0.25, -0.2) is 0 Å². The summed E-state index contributed by atoms with van der Waals surface area (Å²) in [5.41, 5.74) is 1.04. The summed E-state index contributed by atoms with van der Waals surface area (Å²) < 4.78 is 6.98. The van der Waals surface area contributed by atoms with Crippen LogP contribution in [0.4, 0.5) is 0 Å². The third kappa shape index (κ3) is 5.44. The molecule has 0 radical (unpaired) electrons. The first-order valence-electron chi connectivity index (χ1n) is 10.3. The molecule has 1 atom stereocenters. The van der Waals surface area contributed by atoms with Gasteiger partial charge in [0.2, 0.25) is 0 Å². The zero-order valence-corrected chi connectivity index (χ0v) is 19.1. The van der Waals surface area contributed by atoms with Crippen molar-refractivity contribution >= 4 is 18.7 Å². The molecule has 0 heterocycles. The Bertz CT molecular complexity index is 693. The fourth-order valence-electron chi connectivity index (χ4n) is 3.79. The topological polar surface area (TPSA) is 29.5 Å². The third-order valence-electron chi connectivity index (χ3n) is 5.40. The van der Waals surface area contributed by atoms with E-state index in [1.54, 1.807) is 0 Å². The maximum absolute atomic E-state index is 9.16. The van der Waals surface area contributed by atoms with Crippen molar-refractivity contribution in [3.05, 3.63) is 72.3 Å². The summed E-state index contributed by atoms with van der Waals surface area (Å²) in [6.45, 7) is 12.1. The van der Waals surface area contributed by atoms with Crippen molar-refractivity contribution in [2.24, 2.45) is 5.92 Å². The van der Waals surface area contributed by atoms with Gasteiger partial charge in [0.15, 0.2) is 0 Å². The average Bonchev–Trinajstić information content (AvgIpc) is 2.69. The Morgan fingerprint density at radius 1 is 1.00 bits per heavy atom. The highest BCUT2D eigenvalue weighted by molar-refractivity contribution is 6.99. The molecule has 0 amide bonds. The second-order valence-electron chi connectivity index (χ2n) is 8.87. The highest BCUT2D eigenvalue weighted by Gasteiger charge is 2.50. The lowest BCUT2D eigenvalue weighted by molar-refractivity contribution is 0.238. The molecule has 0 aliphatic heterocycles. The Labute approximate surface area is 172 Å². The smallest absolute Gasteiger partial charge is 0.261 e. The van der Waals surface area contributed by atoms with E-state index in [0.717, 1.165) is 25.0 Å². The maximum Gasteiger partial charge on any atom is 0.261 e. The normalized spacial score (nSPS) is 14.1. The van der Waals surface area contributed by atoms with Crippen molar-refractivity contribution in [2.75, 3.05) is 13.2 Å². The molecule has 0 bridgehead atoms. The summed E-state index contributed by atoms with van der Waals surface area (Å²) in [6, 6.07) is 21.6. The van der Waals surface area contributed by atoms with Crippen LogP contribution in [0.1, 0.15) is 47.5 Å². The minimum Gasteiger partial charge on any atom is -0.407 e. The van der Waals surface area contributed by atoms with Gasteiger partial charge in [0.25, 0.3) is 8.32 Å². The Balaban J connectivity index is 2.31. The van der Waals surface area contributed by atoms with Gasteiger partial charge in [-0.05, 0) is 41.1 Å². The average molecular weight is 397 g/mol. The molecule has 0 spiro atoms. The number of allylic oxidation sites excluding steroid dienone is 1. The van der Waals surface area contributed by atoms with Crippen molar-refractivity contribution in [3.63, 3.8) is 0 Å². The van der Waals surface area contributed by atoms with E-state index in [9.17, 15) is 0 Å². The predicted molar refractivity (Wildman–Crippen MR) is 123 cm³/mol. The van der Waals surface area contributed by atoms with Crippen LogP contribution in [0, 0.1) is 5.92 Å². The van der Waals surface area contributed by atoms with Gasteiger partial charge in [-0.3, -0.25) is 0 Å². The van der Waals surface area contributed by atoms with Gasteiger partial charge in [-0.2, -0.15) is 0 Å². The lowest BCUT2D eigenvalue weighted by Gasteiger charge is -2.43. The fraction of sp³-hybridized carbons (Fsp3) is 0.440. The van der Waals surface area contributed by atoms with Crippen LogP contribution in [-0.2, 0) is 4.43 Å². The molecule has 0 saturated carbocycles. The number of rotatable bonds is 9. The molecule has 152 valence electrons. The summed E-state index contributed by atoms with van der Waals surface area (Å²) in [6.07, 6.45) is 4.19. The van der Waals surface area contributed by atoms with E-state index in [0.29, 0.717) is 5.92 Å².